The predicted molar refractivity (Wildman–Crippen MR) is 68.2 cm³/mol. The fourth-order valence-electron chi connectivity index (χ4n) is 2.71. The minimum absolute atomic E-state index is 0.385. The monoisotopic (exact) mass is 249 g/mol. The number of nitrogens with two attached hydrogens (primary N) is 1. The first-order chi connectivity index (χ1) is 8.81. The molecule has 0 bridgehead atoms. The summed E-state index contributed by atoms with van der Waals surface area (Å²) in [6, 6.07) is 4.07. The Hall–Kier alpha value is -1.17. The fourth-order valence-corrected chi connectivity index (χ4v) is 2.71. The quantitative estimate of drug-likeness (QED) is 0.843. The molecule has 0 unspecified atom stereocenters. The summed E-state index contributed by atoms with van der Waals surface area (Å²) in [6.07, 6.45) is 3.88. The molecule has 2 aliphatic rings. The summed E-state index contributed by atoms with van der Waals surface area (Å²) < 4.78 is 11.6. The van der Waals surface area contributed by atoms with Gasteiger partial charge in [0.1, 0.15) is 0 Å². The summed E-state index contributed by atoms with van der Waals surface area (Å²) in [5.41, 5.74) is 7.71. The van der Waals surface area contributed by atoms with Crippen LogP contribution in [0.15, 0.2) is 18.3 Å². The molecule has 3 heterocycles. The second-order valence-electron chi connectivity index (χ2n) is 4.84. The average Bonchev–Trinajstić information content (AvgIpc) is 2.87. The Balaban J connectivity index is 1.78. The zero-order chi connectivity index (χ0) is 12.4. The summed E-state index contributed by atoms with van der Waals surface area (Å²) in [4.78, 5) is 6.53. The van der Waals surface area contributed by atoms with Crippen molar-refractivity contribution in [1.29, 1.82) is 0 Å². The molecule has 2 aliphatic heterocycles. The summed E-state index contributed by atoms with van der Waals surface area (Å²) in [7, 11) is 0. The van der Waals surface area contributed by atoms with Crippen LogP contribution in [-0.4, -0.2) is 37.1 Å². The minimum Gasteiger partial charge on any atom is -0.366 e. The van der Waals surface area contributed by atoms with Gasteiger partial charge in [0.15, 0.2) is 5.79 Å². The number of rotatable bonds is 2. The standard InChI is InChI=1S/C13H19N3O2/c14-9-11-8-12(2-4-15-11)16-5-1-3-13(10-16)17-6-7-18-13/h2,4,8H,1,3,5-7,9-10,14H2. The molecule has 2 N–H and O–H groups in total. The van der Waals surface area contributed by atoms with Gasteiger partial charge in [-0.05, 0) is 18.6 Å². The van der Waals surface area contributed by atoms with Crippen molar-refractivity contribution in [1.82, 2.24) is 4.98 Å². The van der Waals surface area contributed by atoms with E-state index < -0.39 is 0 Å². The molecule has 3 rings (SSSR count). The van der Waals surface area contributed by atoms with Crippen molar-refractivity contribution in [2.75, 3.05) is 31.2 Å². The third-order valence-electron chi connectivity index (χ3n) is 3.61. The summed E-state index contributed by atoms with van der Waals surface area (Å²) in [5, 5.41) is 0. The zero-order valence-electron chi connectivity index (χ0n) is 10.5. The van der Waals surface area contributed by atoms with Crippen molar-refractivity contribution in [2.24, 2.45) is 5.73 Å². The van der Waals surface area contributed by atoms with Crippen LogP contribution in [0.3, 0.4) is 0 Å². The number of aromatic nitrogens is 1. The SMILES string of the molecule is NCc1cc(N2CCCC3(C2)OCCO3)ccn1. The van der Waals surface area contributed by atoms with E-state index in [-0.39, 0.29) is 5.79 Å². The fraction of sp³-hybridized carbons (Fsp3) is 0.615. The molecule has 1 aromatic rings. The number of anilines is 1. The lowest BCUT2D eigenvalue weighted by atomic mass is 10.0. The second kappa shape index (κ2) is 4.84. The van der Waals surface area contributed by atoms with Crippen LogP contribution < -0.4 is 10.6 Å². The number of nitrogens with zero attached hydrogens (tertiary/aromatic N) is 2. The van der Waals surface area contributed by atoms with Gasteiger partial charge in [-0.2, -0.15) is 0 Å². The first-order valence-corrected chi connectivity index (χ1v) is 6.49. The van der Waals surface area contributed by atoms with E-state index in [1.54, 1.807) is 0 Å². The maximum absolute atomic E-state index is 5.79. The van der Waals surface area contributed by atoms with E-state index in [1.165, 1.54) is 0 Å². The molecular formula is C13H19N3O2. The van der Waals surface area contributed by atoms with Crippen molar-refractivity contribution in [3.63, 3.8) is 0 Å². The largest absolute Gasteiger partial charge is 0.366 e. The lowest BCUT2D eigenvalue weighted by Crippen LogP contribution is -2.49. The third kappa shape index (κ3) is 2.21. The van der Waals surface area contributed by atoms with E-state index in [2.05, 4.69) is 9.88 Å². The van der Waals surface area contributed by atoms with Gasteiger partial charge in [0.2, 0.25) is 0 Å². The zero-order valence-corrected chi connectivity index (χ0v) is 10.5. The average molecular weight is 249 g/mol. The van der Waals surface area contributed by atoms with Gasteiger partial charge < -0.3 is 20.1 Å². The lowest BCUT2D eigenvalue weighted by molar-refractivity contribution is -0.161. The van der Waals surface area contributed by atoms with Crippen LogP contribution in [0, 0.1) is 0 Å². The number of hydrogen-bond acceptors (Lipinski definition) is 5. The molecule has 0 radical (unpaired) electrons. The Morgan fingerprint density at radius 2 is 2.22 bits per heavy atom. The number of pyridine rings is 1. The van der Waals surface area contributed by atoms with Crippen molar-refractivity contribution in [3.05, 3.63) is 24.0 Å². The van der Waals surface area contributed by atoms with E-state index in [9.17, 15) is 0 Å². The maximum atomic E-state index is 5.79. The Labute approximate surface area is 107 Å². The van der Waals surface area contributed by atoms with Crippen LogP contribution in [-0.2, 0) is 16.0 Å². The second-order valence-corrected chi connectivity index (χ2v) is 4.84. The van der Waals surface area contributed by atoms with E-state index >= 15 is 0 Å². The molecule has 0 aromatic carbocycles. The highest BCUT2D eigenvalue weighted by molar-refractivity contribution is 5.47. The molecule has 5 heteroatoms. The Bertz CT molecular complexity index is 418. The highest BCUT2D eigenvalue weighted by Gasteiger charge is 2.40. The van der Waals surface area contributed by atoms with Gasteiger partial charge in [-0.3, -0.25) is 4.98 Å². The molecule has 5 nitrogen and oxygen atoms in total. The smallest absolute Gasteiger partial charge is 0.186 e. The van der Waals surface area contributed by atoms with Crippen LogP contribution in [0.4, 0.5) is 5.69 Å². The maximum Gasteiger partial charge on any atom is 0.186 e. The molecule has 98 valence electrons. The highest BCUT2D eigenvalue weighted by atomic mass is 16.7. The molecule has 0 aliphatic carbocycles. The van der Waals surface area contributed by atoms with Gasteiger partial charge in [-0.15, -0.1) is 0 Å². The van der Waals surface area contributed by atoms with Crippen LogP contribution in [0.25, 0.3) is 0 Å². The summed E-state index contributed by atoms with van der Waals surface area (Å²) in [6.45, 7) is 3.71. The number of piperidine rings is 1. The first-order valence-electron chi connectivity index (χ1n) is 6.49. The lowest BCUT2D eigenvalue weighted by Gasteiger charge is -2.39. The minimum atomic E-state index is -0.385. The van der Waals surface area contributed by atoms with Crippen LogP contribution in [0.1, 0.15) is 18.5 Å². The van der Waals surface area contributed by atoms with Gasteiger partial charge in [-0.25, -0.2) is 0 Å². The van der Waals surface area contributed by atoms with Crippen LogP contribution in [0.2, 0.25) is 0 Å². The molecule has 2 fully saturated rings. The molecule has 0 amide bonds. The third-order valence-corrected chi connectivity index (χ3v) is 3.61. The van der Waals surface area contributed by atoms with E-state index in [1.807, 2.05) is 18.3 Å². The van der Waals surface area contributed by atoms with Crippen LogP contribution in [0.5, 0.6) is 0 Å². The highest BCUT2D eigenvalue weighted by Crippen LogP contribution is 2.32. The topological polar surface area (TPSA) is 60.6 Å². The molecule has 1 aromatic heterocycles. The Kier molecular flexibility index (Phi) is 3.20. The summed E-state index contributed by atoms with van der Waals surface area (Å²) >= 11 is 0. The number of hydrogen-bond donors (Lipinski definition) is 1. The van der Waals surface area contributed by atoms with E-state index in [0.717, 1.165) is 37.3 Å². The predicted octanol–water partition coefficient (Wildman–Crippen LogP) is 0.884. The van der Waals surface area contributed by atoms with Gasteiger partial charge in [0.05, 0.1) is 25.5 Å². The first kappa shape index (κ1) is 11.9. The van der Waals surface area contributed by atoms with Crippen LogP contribution >= 0.6 is 0 Å². The van der Waals surface area contributed by atoms with Crippen molar-refractivity contribution >= 4 is 5.69 Å². The van der Waals surface area contributed by atoms with Crippen molar-refractivity contribution in [2.45, 2.75) is 25.2 Å². The van der Waals surface area contributed by atoms with Gasteiger partial charge in [-0.1, -0.05) is 0 Å². The van der Waals surface area contributed by atoms with Gasteiger partial charge >= 0.3 is 0 Å². The van der Waals surface area contributed by atoms with Crippen molar-refractivity contribution in [3.8, 4) is 0 Å². The molecule has 18 heavy (non-hydrogen) atoms. The number of ether oxygens (including phenoxy) is 2. The Morgan fingerprint density at radius 1 is 1.39 bits per heavy atom. The summed E-state index contributed by atoms with van der Waals surface area (Å²) in [5.74, 6) is -0.385. The Morgan fingerprint density at radius 3 is 3.00 bits per heavy atom. The molecule has 2 saturated heterocycles. The normalized spacial score (nSPS) is 22.6. The molecular weight excluding hydrogens is 230 g/mol. The van der Waals surface area contributed by atoms with E-state index in [4.69, 9.17) is 15.2 Å². The van der Waals surface area contributed by atoms with Gasteiger partial charge in [0, 0.05) is 31.4 Å². The van der Waals surface area contributed by atoms with Crippen molar-refractivity contribution < 1.29 is 9.47 Å². The molecule has 0 atom stereocenters. The molecule has 1 spiro atoms. The van der Waals surface area contributed by atoms with E-state index in [0.29, 0.717) is 19.8 Å². The molecule has 0 saturated carbocycles. The van der Waals surface area contributed by atoms with Gasteiger partial charge in [0.25, 0.3) is 0 Å².